The first-order valence-electron chi connectivity index (χ1n) is 4.97. The Hall–Kier alpha value is -1.65. The molecule has 0 saturated carbocycles. The van der Waals surface area contributed by atoms with E-state index in [1.54, 1.807) is 18.2 Å². The summed E-state index contributed by atoms with van der Waals surface area (Å²) in [6.07, 6.45) is 1.45. The Labute approximate surface area is 103 Å². The fourth-order valence-corrected chi connectivity index (χ4v) is 1.56. The molecule has 2 rings (SSSR count). The number of pyridine rings is 1. The van der Waals surface area contributed by atoms with Crippen molar-refractivity contribution in [1.82, 2.24) is 4.98 Å². The molecule has 0 radical (unpaired) electrons. The maximum absolute atomic E-state index is 13.3. The standard InChI is InChI=1S/C12H10ClFN2O/c13-10-6-9(4-3-8(10)7-15)17-12-11(14)2-1-5-16-12/h1-6H,7,15H2. The van der Waals surface area contributed by atoms with E-state index in [1.165, 1.54) is 18.3 Å². The molecule has 1 aromatic heterocycles. The van der Waals surface area contributed by atoms with Crippen molar-refractivity contribution in [1.29, 1.82) is 0 Å². The van der Waals surface area contributed by atoms with Crippen LogP contribution in [0.2, 0.25) is 5.02 Å². The number of benzene rings is 1. The predicted octanol–water partition coefficient (Wildman–Crippen LogP) is 3.13. The normalized spacial score (nSPS) is 10.3. The number of aromatic nitrogens is 1. The number of hydrogen-bond donors (Lipinski definition) is 1. The summed E-state index contributed by atoms with van der Waals surface area (Å²) < 4.78 is 18.6. The molecule has 2 N–H and O–H groups in total. The largest absolute Gasteiger partial charge is 0.436 e. The van der Waals surface area contributed by atoms with Crippen molar-refractivity contribution in [2.45, 2.75) is 6.54 Å². The van der Waals surface area contributed by atoms with Gasteiger partial charge in [0.1, 0.15) is 5.75 Å². The van der Waals surface area contributed by atoms with E-state index in [1.807, 2.05) is 0 Å². The Morgan fingerprint density at radius 1 is 1.35 bits per heavy atom. The van der Waals surface area contributed by atoms with Crippen molar-refractivity contribution in [3.63, 3.8) is 0 Å². The Bertz CT molecular complexity index is 534. The lowest BCUT2D eigenvalue weighted by Crippen LogP contribution is -1.97. The fourth-order valence-electron chi connectivity index (χ4n) is 1.32. The topological polar surface area (TPSA) is 48.1 Å². The lowest BCUT2D eigenvalue weighted by molar-refractivity contribution is 0.422. The van der Waals surface area contributed by atoms with Crippen LogP contribution in [0.15, 0.2) is 36.5 Å². The molecule has 0 atom stereocenters. The second-order valence-electron chi connectivity index (χ2n) is 3.35. The number of nitrogens with zero attached hydrogens (tertiary/aromatic N) is 1. The molecule has 17 heavy (non-hydrogen) atoms. The first kappa shape index (κ1) is 11.8. The zero-order valence-electron chi connectivity index (χ0n) is 8.86. The summed E-state index contributed by atoms with van der Waals surface area (Å²) in [5.41, 5.74) is 6.29. The average Bonchev–Trinajstić information content (AvgIpc) is 2.32. The Kier molecular flexibility index (Phi) is 3.56. The van der Waals surface area contributed by atoms with Gasteiger partial charge in [0, 0.05) is 17.8 Å². The van der Waals surface area contributed by atoms with Crippen molar-refractivity contribution >= 4 is 11.6 Å². The van der Waals surface area contributed by atoms with Crippen LogP contribution in [-0.2, 0) is 6.54 Å². The van der Waals surface area contributed by atoms with E-state index in [4.69, 9.17) is 22.1 Å². The molecule has 0 unspecified atom stereocenters. The first-order chi connectivity index (χ1) is 8.20. The molecule has 88 valence electrons. The molecular formula is C12H10ClFN2O. The van der Waals surface area contributed by atoms with Gasteiger partial charge in [0.25, 0.3) is 5.88 Å². The molecule has 3 nitrogen and oxygen atoms in total. The van der Waals surface area contributed by atoms with E-state index < -0.39 is 5.82 Å². The Morgan fingerprint density at radius 2 is 2.18 bits per heavy atom. The van der Waals surface area contributed by atoms with Gasteiger partial charge in [-0.15, -0.1) is 0 Å². The SMILES string of the molecule is NCc1ccc(Oc2ncccc2F)cc1Cl. The first-order valence-corrected chi connectivity index (χ1v) is 5.35. The van der Waals surface area contributed by atoms with Gasteiger partial charge < -0.3 is 10.5 Å². The summed E-state index contributed by atoms with van der Waals surface area (Å²) in [7, 11) is 0. The van der Waals surface area contributed by atoms with Crippen molar-refractivity contribution in [3.05, 3.63) is 52.9 Å². The van der Waals surface area contributed by atoms with E-state index in [0.29, 0.717) is 17.3 Å². The highest BCUT2D eigenvalue weighted by Gasteiger charge is 2.06. The zero-order chi connectivity index (χ0) is 12.3. The van der Waals surface area contributed by atoms with E-state index in [-0.39, 0.29) is 5.88 Å². The van der Waals surface area contributed by atoms with Gasteiger partial charge in [0.05, 0.1) is 0 Å². The third-order valence-electron chi connectivity index (χ3n) is 2.18. The second-order valence-corrected chi connectivity index (χ2v) is 3.76. The molecule has 2 aromatic rings. The molecule has 0 amide bonds. The van der Waals surface area contributed by atoms with Crippen LogP contribution in [0.25, 0.3) is 0 Å². The number of halogens is 2. The van der Waals surface area contributed by atoms with Gasteiger partial charge in [-0.2, -0.15) is 0 Å². The van der Waals surface area contributed by atoms with Crippen molar-refractivity contribution in [2.75, 3.05) is 0 Å². The summed E-state index contributed by atoms with van der Waals surface area (Å²) in [6, 6.07) is 7.75. The molecule has 1 heterocycles. The average molecular weight is 253 g/mol. The second kappa shape index (κ2) is 5.12. The Morgan fingerprint density at radius 3 is 2.82 bits per heavy atom. The minimum Gasteiger partial charge on any atom is -0.436 e. The highest BCUT2D eigenvalue weighted by atomic mass is 35.5. The molecule has 0 fully saturated rings. The third-order valence-corrected chi connectivity index (χ3v) is 2.54. The van der Waals surface area contributed by atoms with Crippen LogP contribution in [0.4, 0.5) is 4.39 Å². The minimum absolute atomic E-state index is 0.0796. The van der Waals surface area contributed by atoms with E-state index in [0.717, 1.165) is 5.56 Å². The molecule has 5 heteroatoms. The lowest BCUT2D eigenvalue weighted by Gasteiger charge is -2.07. The van der Waals surface area contributed by atoms with Crippen LogP contribution in [0.5, 0.6) is 11.6 Å². The number of nitrogens with two attached hydrogens (primary N) is 1. The van der Waals surface area contributed by atoms with Gasteiger partial charge in [0.15, 0.2) is 5.82 Å². The Balaban J connectivity index is 2.25. The van der Waals surface area contributed by atoms with Crippen molar-refractivity contribution in [2.24, 2.45) is 5.73 Å². The van der Waals surface area contributed by atoms with E-state index in [2.05, 4.69) is 4.98 Å². The summed E-state index contributed by atoms with van der Waals surface area (Å²) in [4.78, 5) is 3.78. The number of hydrogen-bond acceptors (Lipinski definition) is 3. The maximum atomic E-state index is 13.3. The van der Waals surface area contributed by atoms with Gasteiger partial charge in [0.2, 0.25) is 0 Å². The van der Waals surface area contributed by atoms with Gasteiger partial charge in [-0.05, 0) is 29.8 Å². The summed E-state index contributed by atoms with van der Waals surface area (Å²) in [6.45, 7) is 0.344. The van der Waals surface area contributed by atoms with E-state index >= 15 is 0 Å². The van der Waals surface area contributed by atoms with Crippen LogP contribution < -0.4 is 10.5 Å². The molecular weight excluding hydrogens is 243 g/mol. The quantitative estimate of drug-likeness (QED) is 0.913. The smallest absolute Gasteiger partial charge is 0.255 e. The van der Waals surface area contributed by atoms with Crippen LogP contribution in [0.1, 0.15) is 5.56 Å². The number of rotatable bonds is 3. The summed E-state index contributed by atoms with van der Waals surface area (Å²) in [5.74, 6) is -0.180. The molecule has 0 aliphatic rings. The predicted molar refractivity (Wildman–Crippen MR) is 63.6 cm³/mol. The van der Waals surface area contributed by atoms with Crippen LogP contribution in [0.3, 0.4) is 0 Å². The monoisotopic (exact) mass is 252 g/mol. The van der Waals surface area contributed by atoms with Crippen LogP contribution in [-0.4, -0.2) is 4.98 Å². The molecule has 0 aliphatic carbocycles. The molecule has 1 aromatic carbocycles. The summed E-state index contributed by atoms with van der Waals surface area (Å²) in [5, 5.41) is 0.487. The highest BCUT2D eigenvalue weighted by molar-refractivity contribution is 6.31. The molecule has 0 spiro atoms. The van der Waals surface area contributed by atoms with Gasteiger partial charge in [-0.25, -0.2) is 9.37 Å². The van der Waals surface area contributed by atoms with Gasteiger partial charge in [-0.3, -0.25) is 0 Å². The minimum atomic E-state index is -0.522. The number of ether oxygens (including phenoxy) is 1. The van der Waals surface area contributed by atoms with Gasteiger partial charge in [-0.1, -0.05) is 17.7 Å². The zero-order valence-corrected chi connectivity index (χ0v) is 9.62. The highest BCUT2D eigenvalue weighted by Crippen LogP contribution is 2.26. The fraction of sp³-hybridized carbons (Fsp3) is 0.0833. The van der Waals surface area contributed by atoms with E-state index in [9.17, 15) is 4.39 Å². The van der Waals surface area contributed by atoms with Crippen LogP contribution in [0, 0.1) is 5.82 Å². The van der Waals surface area contributed by atoms with Crippen LogP contribution >= 0.6 is 11.6 Å². The van der Waals surface area contributed by atoms with Gasteiger partial charge >= 0.3 is 0 Å². The lowest BCUT2D eigenvalue weighted by atomic mass is 10.2. The maximum Gasteiger partial charge on any atom is 0.255 e. The molecule has 0 aliphatic heterocycles. The third kappa shape index (κ3) is 2.72. The molecule has 0 saturated heterocycles. The molecule has 0 bridgehead atoms. The summed E-state index contributed by atoms with van der Waals surface area (Å²) >= 11 is 5.96. The van der Waals surface area contributed by atoms with Crippen molar-refractivity contribution < 1.29 is 9.13 Å². The van der Waals surface area contributed by atoms with Crippen molar-refractivity contribution in [3.8, 4) is 11.6 Å².